The Kier molecular flexibility index (Phi) is 4.30. The van der Waals surface area contributed by atoms with E-state index < -0.39 is 0 Å². The van der Waals surface area contributed by atoms with Crippen molar-refractivity contribution in [1.29, 1.82) is 0 Å². The molecule has 0 amide bonds. The number of ether oxygens (including phenoxy) is 1. The molecule has 4 saturated carbocycles. The minimum absolute atomic E-state index is 0.0723. The molecule has 4 fully saturated rings. The molecule has 25 heavy (non-hydrogen) atoms. The van der Waals surface area contributed by atoms with Crippen molar-refractivity contribution >= 4 is 17.7 Å². The molecule has 0 spiro atoms. The van der Waals surface area contributed by atoms with Crippen molar-refractivity contribution in [2.24, 2.45) is 23.2 Å². The zero-order valence-corrected chi connectivity index (χ0v) is 16.0. The highest BCUT2D eigenvalue weighted by Crippen LogP contribution is 2.69. The van der Waals surface area contributed by atoms with Crippen LogP contribution in [0.4, 0.5) is 0 Å². The molecule has 2 atom stereocenters. The van der Waals surface area contributed by atoms with Crippen molar-refractivity contribution in [2.75, 3.05) is 5.75 Å². The van der Waals surface area contributed by atoms with Crippen LogP contribution in [0, 0.1) is 23.2 Å². The Bertz CT molecular complexity index is 638. The highest BCUT2D eigenvalue weighted by Gasteiger charge is 2.64. The molecule has 0 radical (unpaired) electrons. The second kappa shape index (κ2) is 6.22. The first-order valence-electron chi connectivity index (χ1n) is 9.52. The van der Waals surface area contributed by atoms with Gasteiger partial charge >= 0.3 is 5.97 Å². The third-order valence-corrected chi connectivity index (χ3v) is 7.98. The molecule has 0 aliphatic heterocycles. The topological polar surface area (TPSA) is 46.5 Å². The van der Waals surface area contributed by atoms with E-state index in [-0.39, 0.29) is 22.7 Å². The molecule has 1 aromatic carbocycles. The zero-order chi connectivity index (χ0) is 17.7. The standard InChI is InChI=1S/C21H28O3S/c1-20(2,21-12-14-9-15(13-21)11-16(21)10-14)24-19(23)7-8-25-18-5-3-17(22)4-6-18/h3-6,14-16,22H,7-13H2,1-2H3. The van der Waals surface area contributed by atoms with Crippen LogP contribution >= 0.6 is 11.8 Å². The Morgan fingerprint density at radius 2 is 1.84 bits per heavy atom. The molecule has 0 aromatic heterocycles. The Hall–Kier alpha value is -1.16. The first-order valence-corrected chi connectivity index (χ1v) is 10.5. The highest BCUT2D eigenvalue weighted by atomic mass is 32.2. The smallest absolute Gasteiger partial charge is 0.307 e. The van der Waals surface area contributed by atoms with E-state index in [4.69, 9.17) is 4.74 Å². The van der Waals surface area contributed by atoms with E-state index >= 15 is 0 Å². The molecule has 0 saturated heterocycles. The normalized spacial score (nSPS) is 33.0. The summed E-state index contributed by atoms with van der Waals surface area (Å²) in [6.07, 6.45) is 7.07. The van der Waals surface area contributed by atoms with E-state index in [9.17, 15) is 9.90 Å². The van der Waals surface area contributed by atoms with Crippen LogP contribution in [0.5, 0.6) is 5.75 Å². The van der Waals surface area contributed by atoms with E-state index in [0.29, 0.717) is 12.2 Å². The molecule has 5 rings (SSSR count). The lowest BCUT2D eigenvalue weighted by molar-refractivity contribution is -0.174. The molecular weight excluding hydrogens is 332 g/mol. The second-order valence-electron chi connectivity index (χ2n) is 8.78. The average Bonchev–Trinajstić information content (AvgIpc) is 2.95. The number of thioether (sulfide) groups is 1. The van der Waals surface area contributed by atoms with Crippen molar-refractivity contribution in [3.05, 3.63) is 24.3 Å². The van der Waals surface area contributed by atoms with Crippen LogP contribution in [-0.4, -0.2) is 22.4 Å². The predicted octanol–water partition coefficient (Wildman–Crippen LogP) is 5.02. The Labute approximate surface area is 154 Å². The number of carbonyl (C=O) groups is 1. The summed E-state index contributed by atoms with van der Waals surface area (Å²) < 4.78 is 6.06. The lowest BCUT2D eigenvalue weighted by atomic mass is 9.66. The molecule has 0 heterocycles. The van der Waals surface area contributed by atoms with Gasteiger partial charge in [0.2, 0.25) is 0 Å². The number of benzene rings is 1. The minimum atomic E-state index is -0.345. The van der Waals surface area contributed by atoms with Crippen molar-refractivity contribution in [3.63, 3.8) is 0 Å². The maximum atomic E-state index is 12.5. The van der Waals surface area contributed by atoms with Crippen molar-refractivity contribution in [1.82, 2.24) is 0 Å². The summed E-state index contributed by atoms with van der Waals surface area (Å²) in [5.41, 5.74) is -0.109. The van der Waals surface area contributed by atoms with Crippen LogP contribution in [0.2, 0.25) is 0 Å². The van der Waals surface area contributed by atoms with E-state index in [1.807, 2.05) is 12.1 Å². The van der Waals surface area contributed by atoms with Crippen LogP contribution in [-0.2, 0) is 9.53 Å². The Morgan fingerprint density at radius 3 is 2.48 bits per heavy atom. The van der Waals surface area contributed by atoms with Gasteiger partial charge in [0.05, 0.1) is 6.42 Å². The molecule has 3 nitrogen and oxygen atoms in total. The van der Waals surface area contributed by atoms with Gasteiger partial charge in [-0.3, -0.25) is 4.79 Å². The van der Waals surface area contributed by atoms with E-state index in [1.165, 1.54) is 32.1 Å². The van der Waals surface area contributed by atoms with Gasteiger partial charge in [-0.2, -0.15) is 0 Å². The fraction of sp³-hybridized carbons (Fsp3) is 0.667. The minimum Gasteiger partial charge on any atom is -0.508 e. The van der Waals surface area contributed by atoms with Gasteiger partial charge in [-0.15, -0.1) is 11.8 Å². The molecule has 1 aromatic rings. The number of hydrogen-bond acceptors (Lipinski definition) is 4. The fourth-order valence-electron chi connectivity index (χ4n) is 6.01. The van der Waals surface area contributed by atoms with Gasteiger partial charge in [0.15, 0.2) is 0 Å². The predicted molar refractivity (Wildman–Crippen MR) is 99.6 cm³/mol. The van der Waals surface area contributed by atoms with Gasteiger partial charge in [-0.05, 0) is 88.0 Å². The third-order valence-electron chi connectivity index (χ3n) is 6.97. The molecule has 136 valence electrons. The number of aromatic hydroxyl groups is 1. The van der Waals surface area contributed by atoms with Crippen LogP contribution in [0.3, 0.4) is 0 Å². The highest BCUT2D eigenvalue weighted by molar-refractivity contribution is 7.99. The lowest BCUT2D eigenvalue weighted by Crippen LogP contribution is -2.48. The zero-order valence-electron chi connectivity index (χ0n) is 15.2. The number of phenolic OH excluding ortho intramolecular Hbond substituents is 1. The Morgan fingerprint density at radius 1 is 1.20 bits per heavy atom. The van der Waals surface area contributed by atoms with Crippen molar-refractivity contribution in [2.45, 2.75) is 62.9 Å². The van der Waals surface area contributed by atoms with Crippen LogP contribution in [0.1, 0.15) is 52.4 Å². The maximum Gasteiger partial charge on any atom is 0.307 e. The van der Waals surface area contributed by atoms with Crippen LogP contribution in [0.15, 0.2) is 29.2 Å². The average molecular weight is 361 g/mol. The van der Waals surface area contributed by atoms with E-state index in [0.717, 1.165) is 22.6 Å². The molecule has 4 aliphatic rings. The third kappa shape index (κ3) is 3.07. The maximum absolute atomic E-state index is 12.5. The van der Waals surface area contributed by atoms with Gasteiger partial charge in [0.25, 0.3) is 0 Å². The van der Waals surface area contributed by atoms with Gasteiger partial charge in [0.1, 0.15) is 11.4 Å². The number of hydrogen-bond donors (Lipinski definition) is 1. The van der Waals surface area contributed by atoms with Gasteiger partial charge in [-0.25, -0.2) is 0 Å². The summed E-state index contributed by atoms with van der Waals surface area (Å²) in [6, 6.07) is 7.10. The monoisotopic (exact) mass is 360 g/mol. The molecule has 2 unspecified atom stereocenters. The molecule has 4 aliphatic carbocycles. The number of esters is 1. The van der Waals surface area contributed by atoms with Gasteiger partial charge < -0.3 is 9.84 Å². The summed E-state index contributed by atoms with van der Waals surface area (Å²) in [6.45, 7) is 4.31. The number of rotatable bonds is 6. The van der Waals surface area contributed by atoms with Crippen molar-refractivity contribution < 1.29 is 14.6 Å². The summed E-state index contributed by atoms with van der Waals surface area (Å²) in [5, 5.41) is 9.31. The first kappa shape index (κ1) is 17.3. The molecule has 4 bridgehead atoms. The quantitative estimate of drug-likeness (QED) is 0.571. The van der Waals surface area contributed by atoms with Gasteiger partial charge in [-0.1, -0.05) is 0 Å². The first-order chi connectivity index (χ1) is 11.9. The number of carbonyl (C=O) groups excluding carboxylic acids is 1. The summed E-state index contributed by atoms with van der Waals surface area (Å²) >= 11 is 1.63. The van der Waals surface area contributed by atoms with E-state index in [1.54, 1.807) is 23.9 Å². The summed E-state index contributed by atoms with van der Waals surface area (Å²) in [7, 11) is 0. The SMILES string of the molecule is CC(C)(OC(=O)CCSc1ccc(O)cc1)C12CC3CC(CC1C3)C2. The van der Waals surface area contributed by atoms with Crippen molar-refractivity contribution in [3.8, 4) is 5.75 Å². The largest absolute Gasteiger partial charge is 0.508 e. The fourth-order valence-corrected chi connectivity index (χ4v) is 6.84. The van der Waals surface area contributed by atoms with Gasteiger partial charge in [0, 0.05) is 16.1 Å². The second-order valence-corrected chi connectivity index (χ2v) is 9.95. The Balaban J connectivity index is 1.32. The molecule has 1 N–H and O–H groups in total. The number of phenols is 1. The van der Waals surface area contributed by atoms with Crippen LogP contribution < -0.4 is 0 Å². The molecular formula is C21H28O3S. The summed E-state index contributed by atoms with van der Waals surface area (Å²) in [5.74, 6) is 3.43. The lowest BCUT2D eigenvalue weighted by Gasteiger charge is -2.45. The van der Waals surface area contributed by atoms with Crippen LogP contribution in [0.25, 0.3) is 0 Å². The summed E-state index contributed by atoms with van der Waals surface area (Å²) in [4.78, 5) is 13.5. The molecule has 4 heteroatoms. The van der Waals surface area contributed by atoms with E-state index in [2.05, 4.69) is 13.8 Å².